The highest BCUT2D eigenvalue weighted by molar-refractivity contribution is 7.90. The van der Waals surface area contributed by atoms with Crippen LogP contribution in [0.4, 0.5) is 5.82 Å². The van der Waals surface area contributed by atoms with Gasteiger partial charge in [-0.1, -0.05) is 0 Å². The first-order chi connectivity index (χ1) is 8.15. The lowest BCUT2D eigenvalue weighted by Gasteiger charge is -2.29. The van der Waals surface area contributed by atoms with Gasteiger partial charge in [-0.15, -0.1) is 0 Å². The molecule has 6 heteroatoms. The lowest BCUT2D eigenvalue weighted by atomic mass is 10.1. The third kappa shape index (κ3) is 3.96. The molecule has 0 spiro atoms. The molecule has 1 heterocycles. The topological polar surface area (TPSA) is 70.5 Å². The first-order valence-electron chi connectivity index (χ1n) is 5.77. The van der Waals surface area contributed by atoms with Crippen molar-refractivity contribution >= 4 is 15.7 Å². The molecule has 1 aromatic heterocycles. The van der Waals surface area contributed by atoms with E-state index < -0.39 is 15.4 Å². The maximum atomic E-state index is 11.7. The number of aliphatic hydroxyl groups is 1. The zero-order valence-corrected chi connectivity index (χ0v) is 12.0. The number of rotatable bonds is 5. The van der Waals surface area contributed by atoms with E-state index in [-0.39, 0.29) is 4.90 Å². The largest absolute Gasteiger partial charge is 0.389 e. The third-order valence-electron chi connectivity index (χ3n) is 2.41. The quantitative estimate of drug-likeness (QED) is 0.868. The highest BCUT2D eigenvalue weighted by Crippen LogP contribution is 2.23. The van der Waals surface area contributed by atoms with E-state index in [1.54, 1.807) is 31.0 Å². The van der Waals surface area contributed by atoms with Crippen LogP contribution in [0, 0.1) is 0 Å². The van der Waals surface area contributed by atoms with Gasteiger partial charge in [0.15, 0.2) is 9.84 Å². The molecule has 0 aliphatic heterocycles. The number of aromatic nitrogens is 1. The molecule has 0 radical (unpaired) electrons. The maximum Gasteiger partial charge on any atom is 0.179 e. The summed E-state index contributed by atoms with van der Waals surface area (Å²) in [5.41, 5.74) is -0.914. The molecule has 0 fully saturated rings. The molecule has 0 bridgehead atoms. The molecule has 5 nitrogen and oxygen atoms in total. The number of likely N-dealkylation sites (N-methyl/N-ethyl adjacent to an activating group) is 1. The molecule has 0 saturated heterocycles. The summed E-state index contributed by atoms with van der Waals surface area (Å²) in [5.74, 6) is 0.393. The lowest BCUT2D eigenvalue weighted by molar-refractivity contribution is 0.0873. The van der Waals surface area contributed by atoms with E-state index in [9.17, 15) is 13.5 Å². The number of pyridine rings is 1. The molecular formula is C12H20N2O3S. The molecule has 1 N–H and O–H groups in total. The zero-order valence-electron chi connectivity index (χ0n) is 11.2. The molecule has 1 aromatic rings. The number of hydrogen-bond donors (Lipinski definition) is 1. The minimum Gasteiger partial charge on any atom is -0.389 e. The fourth-order valence-electron chi connectivity index (χ4n) is 1.71. The Hall–Kier alpha value is -1.14. The Morgan fingerprint density at radius 1 is 1.44 bits per heavy atom. The SMILES string of the molecule is CCN(CC(C)(C)O)c1ncccc1S(C)(=O)=O. The smallest absolute Gasteiger partial charge is 0.179 e. The van der Waals surface area contributed by atoms with E-state index in [1.165, 1.54) is 6.07 Å². The summed E-state index contributed by atoms with van der Waals surface area (Å²) in [7, 11) is -3.33. The molecule has 0 aromatic carbocycles. The molecule has 0 atom stereocenters. The van der Waals surface area contributed by atoms with E-state index in [0.29, 0.717) is 18.9 Å². The van der Waals surface area contributed by atoms with Gasteiger partial charge in [-0.05, 0) is 32.9 Å². The third-order valence-corrected chi connectivity index (χ3v) is 3.53. The average Bonchev–Trinajstić information content (AvgIpc) is 2.23. The van der Waals surface area contributed by atoms with Crippen molar-refractivity contribution in [3.8, 4) is 0 Å². The number of nitrogens with zero attached hydrogens (tertiary/aromatic N) is 2. The van der Waals surface area contributed by atoms with Crippen molar-refractivity contribution in [1.82, 2.24) is 4.98 Å². The second kappa shape index (κ2) is 5.24. The predicted octanol–water partition coefficient (Wildman–Crippen LogP) is 1.08. The molecule has 0 amide bonds. The molecule has 0 saturated carbocycles. The first-order valence-corrected chi connectivity index (χ1v) is 7.66. The van der Waals surface area contributed by atoms with Crippen molar-refractivity contribution in [3.63, 3.8) is 0 Å². The van der Waals surface area contributed by atoms with Gasteiger partial charge in [-0.2, -0.15) is 0 Å². The van der Waals surface area contributed by atoms with Crippen LogP contribution < -0.4 is 4.90 Å². The van der Waals surface area contributed by atoms with E-state index in [0.717, 1.165) is 6.26 Å². The van der Waals surface area contributed by atoms with E-state index in [4.69, 9.17) is 0 Å². The Balaban J connectivity index is 3.23. The van der Waals surface area contributed by atoms with Crippen molar-refractivity contribution in [2.75, 3.05) is 24.2 Å². The Morgan fingerprint density at radius 3 is 2.50 bits per heavy atom. The molecule has 0 aliphatic carbocycles. The number of hydrogen-bond acceptors (Lipinski definition) is 5. The van der Waals surface area contributed by atoms with Crippen LogP contribution in [0.2, 0.25) is 0 Å². The van der Waals surface area contributed by atoms with Gasteiger partial charge in [-0.25, -0.2) is 13.4 Å². The summed E-state index contributed by atoms with van der Waals surface area (Å²) in [5, 5.41) is 9.86. The van der Waals surface area contributed by atoms with Crippen LogP contribution >= 0.6 is 0 Å². The maximum absolute atomic E-state index is 11.7. The summed E-state index contributed by atoms with van der Waals surface area (Å²) in [4.78, 5) is 6.09. The standard InChI is InChI=1S/C12H20N2O3S/c1-5-14(9-12(2,3)15)11-10(18(4,16)17)7-6-8-13-11/h6-8,15H,5,9H2,1-4H3. The van der Waals surface area contributed by atoms with Crippen molar-refractivity contribution in [2.24, 2.45) is 0 Å². The Bertz CT molecular complexity index is 506. The molecular weight excluding hydrogens is 252 g/mol. The zero-order chi connectivity index (χ0) is 14.0. The van der Waals surface area contributed by atoms with Crippen LogP contribution in [0.25, 0.3) is 0 Å². The molecule has 0 unspecified atom stereocenters. The Kier molecular flexibility index (Phi) is 4.34. The van der Waals surface area contributed by atoms with Gasteiger partial charge in [0.2, 0.25) is 0 Å². The van der Waals surface area contributed by atoms with Crippen LogP contribution in [-0.2, 0) is 9.84 Å². The number of sulfone groups is 1. The van der Waals surface area contributed by atoms with E-state index in [2.05, 4.69) is 4.98 Å². The summed E-state index contributed by atoms with van der Waals surface area (Å²) in [6.07, 6.45) is 2.71. The van der Waals surface area contributed by atoms with Gasteiger partial charge in [0.1, 0.15) is 10.7 Å². The summed E-state index contributed by atoms with van der Waals surface area (Å²) in [6, 6.07) is 3.13. The normalized spacial score (nSPS) is 12.5. The van der Waals surface area contributed by atoms with Crippen LogP contribution in [0.3, 0.4) is 0 Å². The van der Waals surface area contributed by atoms with Crippen LogP contribution in [0.15, 0.2) is 23.2 Å². The first kappa shape index (κ1) is 14.9. The van der Waals surface area contributed by atoms with E-state index in [1.807, 2.05) is 6.92 Å². The lowest BCUT2D eigenvalue weighted by Crippen LogP contribution is -2.39. The molecule has 18 heavy (non-hydrogen) atoms. The fourth-order valence-corrected chi connectivity index (χ4v) is 2.55. The van der Waals surface area contributed by atoms with Crippen molar-refractivity contribution < 1.29 is 13.5 Å². The van der Waals surface area contributed by atoms with E-state index >= 15 is 0 Å². The highest BCUT2D eigenvalue weighted by Gasteiger charge is 2.23. The van der Waals surface area contributed by atoms with Gasteiger partial charge in [-0.3, -0.25) is 0 Å². The molecule has 102 valence electrons. The summed E-state index contributed by atoms with van der Waals surface area (Å²) in [6.45, 7) is 6.15. The monoisotopic (exact) mass is 272 g/mol. The van der Waals surface area contributed by atoms with Crippen molar-refractivity contribution in [3.05, 3.63) is 18.3 Å². The minimum absolute atomic E-state index is 0.191. The fraction of sp³-hybridized carbons (Fsp3) is 0.583. The second-order valence-corrected chi connectivity index (χ2v) is 6.91. The van der Waals surface area contributed by atoms with Gasteiger partial charge >= 0.3 is 0 Å². The predicted molar refractivity (Wildman–Crippen MR) is 71.5 cm³/mol. The molecule has 0 aliphatic rings. The van der Waals surface area contributed by atoms with Crippen molar-refractivity contribution in [1.29, 1.82) is 0 Å². The van der Waals surface area contributed by atoms with Gasteiger partial charge in [0.25, 0.3) is 0 Å². The van der Waals surface area contributed by atoms with Gasteiger partial charge < -0.3 is 10.0 Å². The second-order valence-electron chi connectivity index (χ2n) is 4.92. The Morgan fingerprint density at radius 2 is 2.06 bits per heavy atom. The Labute approximate surface area is 108 Å². The van der Waals surface area contributed by atoms with Crippen molar-refractivity contribution in [2.45, 2.75) is 31.3 Å². The summed E-state index contributed by atoms with van der Waals surface area (Å²) < 4.78 is 23.4. The minimum atomic E-state index is -3.33. The average molecular weight is 272 g/mol. The number of anilines is 1. The van der Waals surface area contributed by atoms with Gasteiger partial charge in [0.05, 0.1) is 5.60 Å². The summed E-state index contributed by atoms with van der Waals surface area (Å²) >= 11 is 0. The van der Waals surface area contributed by atoms with Crippen LogP contribution in [-0.4, -0.2) is 43.5 Å². The molecule has 1 rings (SSSR count). The highest BCUT2D eigenvalue weighted by atomic mass is 32.2. The van der Waals surface area contributed by atoms with Crippen LogP contribution in [0.5, 0.6) is 0 Å². The van der Waals surface area contributed by atoms with Crippen LogP contribution in [0.1, 0.15) is 20.8 Å². The van der Waals surface area contributed by atoms with Gasteiger partial charge in [0, 0.05) is 25.5 Å².